The monoisotopic (exact) mass is 287 g/mol. The SMILES string of the molecule is OC(CNC1CC1c1ccccc1)COCc1ccco1. The van der Waals surface area contributed by atoms with E-state index in [1.165, 1.54) is 5.56 Å². The van der Waals surface area contributed by atoms with Crippen molar-refractivity contribution in [3.8, 4) is 0 Å². The standard InChI is InChI=1S/C17H21NO3/c19-14(11-20-12-15-7-4-8-21-15)10-18-17-9-16(17)13-5-2-1-3-6-13/h1-8,14,16-19H,9-12H2. The Morgan fingerprint density at radius 2 is 2.10 bits per heavy atom. The highest BCUT2D eigenvalue weighted by molar-refractivity contribution is 5.27. The maximum absolute atomic E-state index is 9.89. The number of hydrogen-bond acceptors (Lipinski definition) is 4. The smallest absolute Gasteiger partial charge is 0.129 e. The van der Waals surface area contributed by atoms with Gasteiger partial charge in [-0.3, -0.25) is 0 Å². The lowest BCUT2D eigenvalue weighted by atomic mass is 10.1. The molecule has 1 aromatic heterocycles. The van der Waals surface area contributed by atoms with Gasteiger partial charge in [0.25, 0.3) is 0 Å². The van der Waals surface area contributed by atoms with Crippen molar-refractivity contribution in [2.45, 2.75) is 31.1 Å². The van der Waals surface area contributed by atoms with Gasteiger partial charge in [-0.05, 0) is 24.1 Å². The van der Waals surface area contributed by atoms with Gasteiger partial charge in [-0.25, -0.2) is 0 Å². The van der Waals surface area contributed by atoms with Crippen molar-refractivity contribution in [2.24, 2.45) is 0 Å². The first kappa shape index (κ1) is 14.3. The predicted molar refractivity (Wildman–Crippen MR) is 80.0 cm³/mol. The van der Waals surface area contributed by atoms with Crippen LogP contribution in [0.4, 0.5) is 0 Å². The zero-order valence-electron chi connectivity index (χ0n) is 11.9. The van der Waals surface area contributed by atoms with Gasteiger partial charge in [0.15, 0.2) is 0 Å². The summed E-state index contributed by atoms with van der Waals surface area (Å²) in [6, 6.07) is 14.7. The number of furan rings is 1. The molecule has 4 heteroatoms. The van der Waals surface area contributed by atoms with Crippen molar-refractivity contribution >= 4 is 0 Å². The zero-order chi connectivity index (χ0) is 14.5. The van der Waals surface area contributed by atoms with Crippen LogP contribution in [0, 0.1) is 0 Å². The van der Waals surface area contributed by atoms with Crippen LogP contribution in [0.15, 0.2) is 53.1 Å². The van der Waals surface area contributed by atoms with Crippen LogP contribution in [0.25, 0.3) is 0 Å². The Kier molecular flexibility index (Phi) is 4.70. The summed E-state index contributed by atoms with van der Waals surface area (Å²) in [7, 11) is 0. The molecule has 1 saturated carbocycles. The molecule has 2 N–H and O–H groups in total. The second-order valence-corrected chi connectivity index (χ2v) is 5.52. The summed E-state index contributed by atoms with van der Waals surface area (Å²) in [6.45, 7) is 1.28. The van der Waals surface area contributed by atoms with Crippen molar-refractivity contribution in [1.82, 2.24) is 5.32 Å². The molecule has 3 rings (SSSR count). The van der Waals surface area contributed by atoms with Crippen molar-refractivity contribution in [3.05, 3.63) is 60.1 Å². The Morgan fingerprint density at radius 3 is 2.86 bits per heavy atom. The van der Waals surface area contributed by atoms with Crippen LogP contribution in [0.5, 0.6) is 0 Å². The number of benzene rings is 1. The molecule has 0 radical (unpaired) electrons. The summed E-state index contributed by atoms with van der Waals surface area (Å²) in [5, 5.41) is 13.3. The van der Waals surface area contributed by atoms with E-state index in [0.717, 1.165) is 12.2 Å². The molecule has 1 aromatic carbocycles. The molecule has 112 valence electrons. The molecule has 1 heterocycles. The van der Waals surface area contributed by atoms with Crippen molar-refractivity contribution in [1.29, 1.82) is 0 Å². The molecular weight excluding hydrogens is 266 g/mol. The lowest BCUT2D eigenvalue weighted by Crippen LogP contribution is -2.32. The average Bonchev–Trinajstić information content (AvgIpc) is 3.12. The molecule has 1 aliphatic carbocycles. The van der Waals surface area contributed by atoms with Gasteiger partial charge in [0.1, 0.15) is 12.4 Å². The highest BCUT2D eigenvalue weighted by Crippen LogP contribution is 2.40. The Morgan fingerprint density at radius 1 is 1.24 bits per heavy atom. The van der Waals surface area contributed by atoms with Crippen LogP contribution in [0.2, 0.25) is 0 Å². The maximum atomic E-state index is 9.89. The van der Waals surface area contributed by atoms with E-state index in [9.17, 15) is 5.11 Å². The molecule has 0 aliphatic heterocycles. The maximum Gasteiger partial charge on any atom is 0.129 e. The highest BCUT2D eigenvalue weighted by atomic mass is 16.5. The molecule has 2 aromatic rings. The van der Waals surface area contributed by atoms with Crippen LogP contribution in [-0.2, 0) is 11.3 Å². The number of hydrogen-bond donors (Lipinski definition) is 2. The van der Waals surface area contributed by atoms with E-state index in [-0.39, 0.29) is 0 Å². The average molecular weight is 287 g/mol. The third kappa shape index (κ3) is 4.17. The summed E-state index contributed by atoms with van der Waals surface area (Å²) in [5.74, 6) is 1.36. The molecule has 0 bridgehead atoms. The van der Waals surface area contributed by atoms with Crippen LogP contribution >= 0.6 is 0 Å². The summed E-state index contributed by atoms with van der Waals surface area (Å²) >= 11 is 0. The number of aliphatic hydroxyl groups excluding tert-OH is 1. The van der Waals surface area contributed by atoms with Gasteiger partial charge < -0.3 is 19.6 Å². The van der Waals surface area contributed by atoms with Crippen molar-refractivity contribution in [3.63, 3.8) is 0 Å². The van der Waals surface area contributed by atoms with E-state index in [1.807, 2.05) is 18.2 Å². The topological polar surface area (TPSA) is 54.6 Å². The van der Waals surface area contributed by atoms with Gasteiger partial charge >= 0.3 is 0 Å². The second-order valence-electron chi connectivity index (χ2n) is 5.52. The summed E-state index contributed by atoms with van der Waals surface area (Å²) in [6.07, 6.45) is 2.27. The van der Waals surface area contributed by atoms with E-state index in [2.05, 4.69) is 29.6 Å². The zero-order valence-corrected chi connectivity index (χ0v) is 11.9. The first-order chi connectivity index (χ1) is 10.3. The van der Waals surface area contributed by atoms with Gasteiger partial charge in [-0.2, -0.15) is 0 Å². The van der Waals surface area contributed by atoms with Gasteiger partial charge in [0, 0.05) is 18.5 Å². The molecule has 21 heavy (non-hydrogen) atoms. The molecule has 0 saturated heterocycles. The summed E-state index contributed by atoms with van der Waals surface area (Å²) in [5.41, 5.74) is 1.37. The molecule has 0 spiro atoms. The first-order valence-corrected chi connectivity index (χ1v) is 7.39. The van der Waals surface area contributed by atoms with E-state index >= 15 is 0 Å². The van der Waals surface area contributed by atoms with Crippen molar-refractivity contribution < 1.29 is 14.3 Å². The van der Waals surface area contributed by atoms with Gasteiger partial charge in [0.05, 0.1) is 19.0 Å². The van der Waals surface area contributed by atoms with Crippen molar-refractivity contribution in [2.75, 3.05) is 13.2 Å². The number of rotatable bonds is 8. The van der Waals surface area contributed by atoms with Crippen LogP contribution in [0.3, 0.4) is 0 Å². The molecule has 0 amide bonds. The first-order valence-electron chi connectivity index (χ1n) is 7.39. The number of ether oxygens (including phenoxy) is 1. The molecule has 1 fully saturated rings. The minimum absolute atomic E-state index is 0.316. The third-order valence-corrected chi connectivity index (χ3v) is 3.77. The fourth-order valence-electron chi connectivity index (χ4n) is 2.53. The summed E-state index contributed by atoms with van der Waals surface area (Å²) < 4.78 is 10.6. The van der Waals surface area contributed by atoms with Gasteiger partial charge in [-0.15, -0.1) is 0 Å². The largest absolute Gasteiger partial charge is 0.467 e. The Labute approximate surface area is 124 Å². The van der Waals surface area contributed by atoms with E-state index in [1.54, 1.807) is 6.26 Å². The number of nitrogens with one attached hydrogen (secondary N) is 1. The Bertz CT molecular complexity index is 526. The van der Waals surface area contributed by atoms with E-state index < -0.39 is 6.10 Å². The lowest BCUT2D eigenvalue weighted by molar-refractivity contribution is 0.0225. The third-order valence-electron chi connectivity index (χ3n) is 3.77. The molecule has 1 aliphatic rings. The molecular formula is C17H21NO3. The normalized spacial score (nSPS) is 22.1. The van der Waals surface area contributed by atoms with E-state index in [4.69, 9.17) is 9.15 Å². The van der Waals surface area contributed by atoms with Crippen LogP contribution < -0.4 is 5.32 Å². The van der Waals surface area contributed by atoms with Crippen LogP contribution in [-0.4, -0.2) is 30.4 Å². The van der Waals surface area contributed by atoms with Crippen LogP contribution in [0.1, 0.15) is 23.7 Å². The molecule has 4 nitrogen and oxygen atoms in total. The second kappa shape index (κ2) is 6.89. The Balaban J connectivity index is 1.31. The minimum atomic E-state index is -0.489. The fraction of sp³-hybridized carbons (Fsp3) is 0.412. The molecule has 3 atom stereocenters. The lowest BCUT2D eigenvalue weighted by Gasteiger charge is -2.12. The fourth-order valence-corrected chi connectivity index (χ4v) is 2.53. The Hall–Kier alpha value is -1.62. The molecule has 3 unspecified atom stereocenters. The minimum Gasteiger partial charge on any atom is -0.467 e. The summed E-state index contributed by atoms with van der Waals surface area (Å²) in [4.78, 5) is 0. The van der Waals surface area contributed by atoms with Gasteiger partial charge in [0.2, 0.25) is 0 Å². The predicted octanol–water partition coefficient (Wildman–Crippen LogP) is 2.30. The highest BCUT2D eigenvalue weighted by Gasteiger charge is 2.37. The quantitative estimate of drug-likeness (QED) is 0.782. The number of aliphatic hydroxyl groups is 1. The van der Waals surface area contributed by atoms with Gasteiger partial charge in [-0.1, -0.05) is 30.3 Å². The van der Waals surface area contributed by atoms with E-state index in [0.29, 0.717) is 31.7 Å².